The van der Waals surface area contributed by atoms with Crippen LogP contribution in [0.25, 0.3) is 11.4 Å². The average molecular weight is 340 g/mol. The van der Waals surface area contributed by atoms with Gasteiger partial charge in [-0.3, -0.25) is 4.79 Å². The van der Waals surface area contributed by atoms with Gasteiger partial charge in [-0.15, -0.1) is 10.2 Å². The largest absolute Gasteiger partial charge is 0.348 e. The molecule has 24 heavy (non-hydrogen) atoms. The van der Waals surface area contributed by atoms with E-state index in [0.29, 0.717) is 11.4 Å². The molecule has 0 atom stereocenters. The molecule has 0 radical (unpaired) electrons. The maximum Gasteiger partial charge on any atom is 0.191 e. The highest BCUT2D eigenvalue weighted by Gasteiger charge is 2.16. The summed E-state index contributed by atoms with van der Waals surface area (Å²) in [5, 5.41) is 9.39. The van der Waals surface area contributed by atoms with Crippen LogP contribution in [0.3, 0.4) is 0 Å². The zero-order chi connectivity index (χ0) is 17.1. The second-order valence-electron chi connectivity index (χ2n) is 5.64. The summed E-state index contributed by atoms with van der Waals surface area (Å²) < 4.78 is 3.89. The maximum absolute atomic E-state index is 12.3. The summed E-state index contributed by atoms with van der Waals surface area (Å²) in [7, 11) is 1.88. The van der Waals surface area contributed by atoms with E-state index in [4.69, 9.17) is 0 Å². The van der Waals surface area contributed by atoms with Gasteiger partial charge in [0.05, 0.1) is 11.4 Å². The summed E-state index contributed by atoms with van der Waals surface area (Å²) in [6.45, 7) is 4.88. The van der Waals surface area contributed by atoms with Gasteiger partial charge in [0, 0.05) is 25.4 Å². The van der Waals surface area contributed by atoms with Crippen LogP contribution < -0.4 is 0 Å². The molecule has 3 rings (SSSR count). The third-order valence-electron chi connectivity index (χ3n) is 3.87. The average Bonchev–Trinajstić information content (AvgIpc) is 3.18. The van der Waals surface area contributed by atoms with Crippen LogP contribution in [0.15, 0.2) is 47.8 Å². The Bertz CT molecular complexity index is 866. The Hall–Kier alpha value is -2.34. The zero-order valence-electron chi connectivity index (χ0n) is 14.1. The molecular weight excluding hydrogens is 320 g/mol. The second-order valence-corrected chi connectivity index (χ2v) is 6.58. The highest BCUT2D eigenvalue weighted by atomic mass is 32.2. The third kappa shape index (κ3) is 3.28. The zero-order valence-corrected chi connectivity index (χ0v) is 14.9. The van der Waals surface area contributed by atoms with E-state index in [9.17, 15) is 4.79 Å². The van der Waals surface area contributed by atoms with Crippen LogP contribution in [0.5, 0.6) is 0 Å². The second kappa shape index (κ2) is 7.05. The van der Waals surface area contributed by atoms with Gasteiger partial charge in [-0.05, 0) is 32.0 Å². The van der Waals surface area contributed by atoms with Crippen LogP contribution in [0.2, 0.25) is 0 Å². The molecular formula is C18H20N4OS. The Balaban J connectivity index is 1.80. The first-order valence-corrected chi connectivity index (χ1v) is 8.86. The molecule has 2 aromatic heterocycles. The molecule has 0 amide bonds. The molecule has 5 nitrogen and oxygen atoms in total. The van der Waals surface area contributed by atoms with E-state index < -0.39 is 0 Å². The Morgan fingerprint density at radius 1 is 1.21 bits per heavy atom. The van der Waals surface area contributed by atoms with Crippen LogP contribution in [-0.2, 0) is 13.6 Å². The van der Waals surface area contributed by atoms with Gasteiger partial charge in [-0.2, -0.15) is 0 Å². The Morgan fingerprint density at radius 2 is 2.04 bits per heavy atom. The molecule has 0 unspecified atom stereocenters. The smallest absolute Gasteiger partial charge is 0.191 e. The first kappa shape index (κ1) is 16.5. The van der Waals surface area contributed by atoms with Crippen LogP contribution in [0, 0.1) is 6.92 Å². The molecule has 0 N–H and O–H groups in total. The van der Waals surface area contributed by atoms with Crippen molar-refractivity contribution in [3.63, 3.8) is 0 Å². The minimum atomic E-state index is 0.0928. The molecule has 3 aromatic rings. The fourth-order valence-electron chi connectivity index (χ4n) is 2.63. The van der Waals surface area contributed by atoms with Crippen LogP contribution in [-0.4, -0.2) is 30.9 Å². The highest BCUT2D eigenvalue weighted by Crippen LogP contribution is 2.25. The summed E-state index contributed by atoms with van der Waals surface area (Å²) in [5.41, 5.74) is 2.94. The number of Topliss-reactive ketones (excluding diaryl/α,β-unsaturated/α-hetero) is 1. The number of carbonyl (C=O) groups is 1. The summed E-state index contributed by atoms with van der Waals surface area (Å²) in [4.78, 5) is 12.3. The summed E-state index contributed by atoms with van der Waals surface area (Å²) in [5.74, 6) is 1.29. The quantitative estimate of drug-likeness (QED) is 0.508. The molecule has 0 aliphatic heterocycles. The number of carbonyl (C=O) groups excluding carboxylic acids is 1. The predicted molar refractivity (Wildman–Crippen MR) is 96.3 cm³/mol. The third-order valence-corrected chi connectivity index (χ3v) is 4.84. The lowest BCUT2D eigenvalue weighted by Gasteiger charge is -2.08. The van der Waals surface area contributed by atoms with Gasteiger partial charge in [-0.1, -0.05) is 35.5 Å². The fraction of sp³-hybridized carbons (Fsp3) is 0.278. The van der Waals surface area contributed by atoms with Crippen molar-refractivity contribution in [2.45, 2.75) is 25.5 Å². The summed E-state index contributed by atoms with van der Waals surface area (Å²) in [6, 6.07) is 11.9. The van der Waals surface area contributed by atoms with E-state index >= 15 is 0 Å². The lowest BCUT2D eigenvalue weighted by molar-refractivity contribution is 0.101. The van der Waals surface area contributed by atoms with Gasteiger partial charge in [0.2, 0.25) is 0 Å². The van der Waals surface area contributed by atoms with E-state index in [2.05, 4.69) is 40.7 Å². The van der Waals surface area contributed by atoms with Crippen LogP contribution in [0.1, 0.15) is 23.0 Å². The minimum Gasteiger partial charge on any atom is -0.348 e. The molecule has 124 valence electrons. The topological polar surface area (TPSA) is 52.7 Å². The van der Waals surface area contributed by atoms with E-state index in [-0.39, 0.29) is 5.78 Å². The minimum absolute atomic E-state index is 0.0928. The fourth-order valence-corrected chi connectivity index (χ4v) is 3.51. The van der Waals surface area contributed by atoms with Crippen molar-refractivity contribution < 1.29 is 4.79 Å². The summed E-state index contributed by atoms with van der Waals surface area (Å²) >= 11 is 1.43. The van der Waals surface area contributed by atoms with Gasteiger partial charge in [0.25, 0.3) is 0 Å². The van der Waals surface area contributed by atoms with Gasteiger partial charge in [-0.25, -0.2) is 0 Å². The number of thioether (sulfide) groups is 1. The monoisotopic (exact) mass is 340 g/mol. The van der Waals surface area contributed by atoms with E-state index in [1.54, 1.807) is 0 Å². The van der Waals surface area contributed by atoms with E-state index in [1.165, 1.54) is 17.3 Å². The van der Waals surface area contributed by atoms with Gasteiger partial charge in [0.15, 0.2) is 16.8 Å². The van der Waals surface area contributed by atoms with E-state index in [0.717, 1.165) is 23.1 Å². The molecule has 2 heterocycles. The number of nitrogens with zero attached hydrogens (tertiary/aromatic N) is 4. The van der Waals surface area contributed by atoms with E-state index in [1.807, 2.05) is 42.1 Å². The molecule has 0 saturated carbocycles. The Morgan fingerprint density at radius 3 is 2.71 bits per heavy atom. The Labute approximate surface area is 145 Å². The maximum atomic E-state index is 12.3. The number of hydrogen-bond donors (Lipinski definition) is 0. The van der Waals surface area contributed by atoms with Crippen molar-refractivity contribution in [2.24, 2.45) is 7.05 Å². The number of hydrogen-bond acceptors (Lipinski definition) is 4. The van der Waals surface area contributed by atoms with Crippen molar-refractivity contribution in [2.75, 3.05) is 5.75 Å². The number of aromatic nitrogens is 4. The first-order valence-electron chi connectivity index (χ1n) is 7.87. The molecule has 0 aliphatic carbocycles. The van der Waals surface area contributed by atoms with Gasteiger partial charge >= 0.3 is 0 Å². The highest BCUT2D eigenvalue weighted by molar-refractivity contribution is 7.99. The van der Waals surface area contributed by atoms with Crippen molar-refractivity contribution >= 4 is 17.5 Å². The lowest BCUT2D eigenvalue weighted by Crippen LogP contribution is -2.09. The van der Waals surface area contributed by atoms with Crippen molar-refractivity contribution in [1.82, 2.24) is 19.3 Å². The molecule has 1 aromatic carbocycles. The van der Waals surface area contributed by atoms with Crippen LogP contribution >= 0.6 is 11.8 Å². The predicted octanol–water partition coefficient (Wildman–Crippen LogP) is 3.59. The Kier molecular flexibility index (Phi) is 4.85. The molecule has 0 spiro atoms. The van der Waals surface area contributed by atoms with Gasteiger partial charge in [0.1, 0.15) is 0 Å². The van der Waals surface area contributed by atoms with Crippen LogP contribution in [0.4, 0.5) is 0 Å². The normalized spacial score (nSPS) is 11.0. The number of aryl methyl sites for hydroxylation is 2. The molecule has 0 aliphatic rings. The van der Waals surface area contributed by atoms with Crippen molar-refractivity contribution in [3.8, 4) is 11.4 Å². The van der Waals surface area contributed by atoms with Gasteiger partial charge < -0.3 is 9.13 Å². The molecule has 0 saturated heterocycles. The standard InChI is InChI=1S/C18H20N4OS/c1-4-22-17(14-8-5-7-13(2)11-14)19-20-18(22)24-12-16(23)15-9-6-10-21(15)3/h5-11H,4,12H2,1-3H3. The number of rotatable bonds is 6. The van der Waals surface area contributed by atoms with Crippen molar-refractivity contribution in [1.29, 1.82) is 0 Å². The van der Waals surface area contributed by atoms with Crippen molar-refractivity contribution in [3.05, 3.63) is 53.9 Å². The molecule has 0 fully saturated rings. The lowest BCUT2D eigenvalue weighted by atomic mass is 10.1. The first-order chi connectivity index (χ1) is 11.6. The molecule has 0 bridgehead atoms. The summed E-state index contributed by atoms with van der Waals surface area (Å²) in [6.07, 6.45) is 1.88. The SMILES string of the molecule is CCn1c(SCC(=O)c2cccn2C)nnc1-c1cccc(C)c1. The number of ketones is 1. The molecule has 6 heteroatoms. The number of benzene rings is 1.